The van der Waals surface area contributed by atoms with E-state index in [0.717, 1.165) is 4.90 Å². The fourth-order valence-electron chi connectivity index (χ4n) is 3.36. The third-order valence-corrected chi connectivity index (χ3v) is 4.81. The number of carbonyl (C=O) groups is 4. The lowest BCUT2D eigenvalue weighted by Crippen LogP contribution is -2.69. The Morgan fingerprint density at radius 2 is 1.79 bits per heavy atom. The van der Waals surface area contributed by atoms with Crippen LogP contribution in [0.25, 0.3) is 0 Å². The van der Waals surface area contributed by atoms with Gasteiger partial charge in [0.2, 0.25) is 5.91 Å². The second kappa shape index (κ2) is 9.24. The van der Waals surface area contributed by atoms with Gasteiger partial charge in [0.25, 0.3) is 0 Å². The van der Waals surface area contributed by atoms with E-state index in [1.807, 2.05) is 6.92 Å². The smallest absolute Gasteiger partial charge is 0.327 e. The number of likely N-dealkylation sites (tertiary alicyclic amines) is 1. The van der Waals surface area contributed by atoms with Gasteiger partial charge in [0.15, 0.2) is 12.0 Å². The molecule has 0 unspecified atom stereocenters. The predicted molar refractivity (Wildman–Crippen MR) is 99.3 cm³/mol. The normalized spacial score (nSPS) is 21.8. The molecule has 0 bridgehead atoms. The van der Waals surface area contributed by atoms with Crippen LogP contribution in [0, 0.1) is 5.92 Å². The molecule has 2 saturated heterocycles. The lowest BCUT2D eigenvalue weighted by Gasteiger charge is -2.46. The number of piperazine rings is 1. The van der Waals surface area contributed by atoms with Crippen molar-refractivity contribution in [2.75, 3.05) is 39.3 Å². The molecule has 0 radical (unpaired) electrons. The molecule has 2 aliphatic rings. The molecule has 28 heavy (non-hydrogen) atoms. The number of aliphatic imine (C=N–C) groups is 1. The molecule has 12 nitrogen and oxygen atoms in total. The second-order valence-corrected chi connectivity index (χ2v) is 6.64. The van der Waals surface area contributed by atoms with E-state index in [-0.39, 0.29) is 38.0 Å². The van der Waals surface area contributed by atoms with Gasteiger partial charge < -0.3 is 31.7 Å². The van der Waals surface area contributed by atoms with Crippen molar-refractivity contribution in [3.63, 3.8) is 0 Å². The molecule has 0 aromatic carbocycles. The maximum absolute atomic E-state index is 12.7. The number of β-lactam (4-membered cyclic amide) rings is 1. The van der Waals surface area contributed by atoms with E-state index in [0.29, 0.717) is 26.1 Å². The predicted octanol–water partition coefficient (Wildman–Crippen LogP) is -1.58. The highest BCUT2D eigenvalue weighted by atomic mass is 16.4. The Morgan fingerprint density at radius 3 is 2.32 bits per heavy atom. The summed E-state index contributed by atoms with van der Waals surface area (Å²) in [5, 5.41) is 12.2. The third kappa shape index (κ3) is 4.61. The van der Waals surface area contributed by atoms with Crippen LogP contribution in [-0.2, 0) is 9.59 Å². The van der Waals surface area contributed by atoms with Gasteiger partial charge in [-0.2, -0.15) is 0 Å². The van der Waals surface area contributed by atoms with E-state index in [4.69, 9.17) is 11.5 Å². The third-order valence-electron chi connectivity index (χ3n) is 4.81. The van der Waals surface area contributed by atoms with Gasteiger partial charge in [-0.15, -0.1) is 0 Å². The number of carbonyl (C=O) groups excluding carboxylic acids is 3. The van der Waals surface area contributed by atoms with Crippen molar-refractivity contribution in [2.24, 2.45) is 22.4 Å². The van der Waals surface area contributed by atoms with Gasteiger partial charge in [-0.05, 0) is 19.8 Å². The van der Waals surface area contributed by atoms with Crippen LogP contribution < -0.4 is 16.8 Å². The van der Waals surface area contributed by atoms with E-state index < -0.39 is 29.9 Å². The number of hydrogen-bond acceptors (Lipinski definition) is 5. The summed E-state index contributed by atoms with van der Waals surface area (Å²) in [4.78, 5) is 56.1. The minimum absolute atomic E-state index is 0.0710. The Hall–Kier alpha value is -3.05. The fraction of sp³-hybridized carbons (Fsp3) is 0.688. The van der Waals surface area contributed by atoms with E-state index in [2.05, 4.69) is 10.3 Å². The molecule has 156 valence electrons. The van der Waals surface area contributed by atoms with E-state index in [1.54, 1.807) is 4.90 Å². The number of imide groups is 1. The molecule has 6 N–H and O–H groups in total. The molecule has 0 aliphatic carbocycles. The molecule has 0 saturated carbocycles. The van der Waals surface area contributed by atoms with Gasteiger partial charge in [0.1, 0.15) is 0 Å². The molecule has 2 heterocycles. The topological polar surface area (TPSA) is 175 Å². The van der Waals surface area contributed by atoms with Gasteiger partial charge in [0.05, 0.1) is 5.92 Å². The second-order valence-electron chi connectivity index (χ2n) is 6.64. The molecule has 5 amide bonds. The first-order valence-electron chi connectivity index (χ1n) is 9.20. The number of aliphatic carboxylic acids is 1. The van der Waals surface area contributed by atoms with Crippen molar-refractivity contribution < 1.29 is 24.3 Å². The van der Waals surface area contributed by atoms with Crippen LogP contribution >= 0.6 is 0 Å². The molecule has 2 atom stereocenters. The number of hydrogen-bond donors (Lipinski definition) is 4. The Labute approximate surface area is 162 Å². The number of nitrogens with one attached hydrogen (secondary N) is 1. The molecular formula is C16H27N7O5. The van der Waals surface area contributed by atoms with Crippen molar-refractivity contribution in [1.82, 2.24) is 20.0 Å². The van der Waals surface area contributed by atoms with E-state index >= 15 is 0 Å². The molecule has 2 fully saturated rings. The maximum atomic E-state index is 12.7. The molecule has 0 aromatic heterocycles. The lowest BCUT2D eigenvalue weighted by molar-refractivity contribution is -0.167. The van der Waals surface area contributed by atoms with Crippen LogP contribution in [0.2, 0.25) is 0 Å². The quantitative estimate of drug-likeness (QED) is 0.181. The average molecular weight is 397 g/mol. The minimum Gasteiger partial charge on any atom is -0.480 e. The number of carboxylic acid groups (broad SMARTS) is 1. The average Bonchev–Trinajstić information content (AvgIpc) is 2.65. The zero-order chi connectivity index (χ0) is 20.8. The lowest BCUT2D eigenvalue weighted by atomic mass is 9.84. The van der Waals surface area contributed by atoms with Crippen molar-refractivity contribution in [1.29, 1.82) is 0 Å². The summed E-state index contributed by atoms with van der Waals surface area (Å²) in [7, 11) is 0. The van der Waals surface area contributed by atoms with Gasteiger partial charge in [-0.1, -0.05) is 0 Å². The number of nitrogens with zero attached hydrogens (tertiary/aromatic N) is 4. The highest BCUT2D eigenvalue weighted by Gasteiger charge is 2.55. The van der Waals surface area contributed by atoms with Crippen LogP contribution in [0.3, 0.4) is 0 Å². The van der Waals surface area contributed by atoms with E-state index in [1.165, 1.54) is 4.90 Å². The van der Waals surface area contributed by atoms with Crippen LogP contribution in [0.15, 0.2) is 4.99 Å². The molecule has 12 heteroatoms. The number of amides is 5. The number of guanidine groups is 1. The first-order valence-corrected chi connectivity index (χ1v) is 9.20. The Balaban J connectivity index is 1.92. The molecule has 0 spiro atoms. The highest BCUT2D eigenvalue weighted by molar-refractivity contribution is 6.07. The summed E-state index contributed by atoms with van der Waals surface area (Å²) in [6.07, 6.45) is 0.715. The summed E-state index contributed by atoms with van der Waals surface area (Å²) in [5.41, 5.74) is 10.5. The molecular weight excluding hydrogens is 370 g/mol. The SMILES string of the molecule is CCNC(=O)N1CCN(C(=O)N2C(=O)[C@H](CCCN=C(N)N)[C@H]2C(=O)O)CC1. The van der Waals surface area contributed by atoms with Crippen LogP contribution in [-0.4, -0.2) is 95.0 Å². The van der Waals surface area contributed by atoms with Crippen molar-refractivity contribution >= 4 is 29.9 Å². The van der Waals surface area contributed by atoms with Crippen LogP contribution in [0.1, 0.15) is 19.8 Å². The van der Waals surface area contributed by atoms with Crippen molar-refractivity contribution in [3.8, 4) is 0 Å². The standard InChI is InChI=1S/C16H27N7O5/c1-2-19-15(27)21-6-8-22(9-7-21)16(28)23-11(13(25)26)10(12(23)24)4-3-5-20-14(17)18/h10-11H,2-9H2,1H3,(H,19,27)(H,25,26)(H4,17,18,20)/t10-,11+/m1/s1. The maximum Gasteiger partial charge on any atom is 0.327 e. The number of rotatable bonds is 6. The van der Waals surface area contributed by atoms with Gasteiger partial charge in [0, 0.05) is 39.3 Å². The van der Waals surface area contributed by atoms with Gasteiger partial charge >= 0.3 is 18.0 Å². The number of nitrogens with two attached hydrogens (primary N) is 2. The van der Waals surface area contributed by atoms with Gasteiger partial charge in [-0.25, -0.2) is 19.3 Å². The first kappa shape index (κ1) is 21.3. The van der Waals surface area contributed by atoms with Crippen molar-refractivity contribution in [2.45, 2.75) is 25.8 Å². The highest BCUT2D eigenvalue weighted by Crippen LogP contribution is 2.32. The minimum atomic E-state index is -1.22. The Morgan fingerprint density at radius 1 is 1.18 bits per heavy atom. The molecule has 2 rings (SSSR count). The van der Waals surface area contributed by atoms with Crippen LogP contribution in [0.4, 0.5) is 9.59 Å². The largest absolute Gasteiger partial charge is 0.480 e. The summed E-state index contributed by atoms with van der Waals surface area (Å²) in [6.45, 7) is 3.72. The fourth-order valence-corrected chi connectivity index (χ4v) is 3.36. The Kier molecular flexibility index (Phi) is 7.01. The summed E-state index contributed by atoms with van der Waals surface area (Å²) in [6, 6.07) is -2.03. The summed E-state index contributed by atoms with van der Waals surface area (Å²) in [5.74, 6) is -2.57. The molecule has 2 aliphatic heterocycles. The number of urea groups is 2. The molecule has 0 aromatic rings. The summed E-state index contributed by atoms with van der Waals surface area (Å²) >= 11 is 0. The van der Waals surface area contributed by atoms with E-state index in [9.17, 15) is 24.3 Å². The van der Waals surface area contributed by atoms with Crippen molar-refractivity contribution in [3.05, 3.63) is 0 Å². The van der Waals surface area contributed by atoms with Gasteiger partial charge in [-0.3, -0.25) is 9.79 Å². The zero-order valence-corrected chi connectivity index (χ0v) is 15.8. The zero-order valence-electron chi connectivity index (χ0n) is 15.8. The summed E-state index contributed by atoms with van der Waals surface area (Å²) < 4.78 is 0. The number of carboxylic acids is 1. The monoisotopic (exact) mass is 397 g/mol. The van der Waals surface area contributed by atoms with Crippen LogP contribution in [0.5, 0.6) is 0 Å². The Bertz CT molecular complexity index is 656. The first-order chi connectivity index (χ1) is 13.3.